The van der Waals surface area contributed by atoms with Crippen molar-refractivity contribution >= 4 is 11.6 Å². The van der Waals surface area contributed by atoms with E-state index in [0.717, 1.165) is 38.5 Å². The molecule has 0 spiro atoms. The number of hydrogen-bond donors (Lipinski definition) is 2. The molecule has 7 nitrogen and oxygen atoms in total. The van der Waals surface area contributed by atoms with Gasteiger partial charge in [-0.3, -0.25) is 14.7 Å². The highest BCUT2D eigenvalue weighted by atomic mass is 16.3. The lowest BCUT2D eigenvalue weighted by atomic mass is 9.82. The summed E-state index contributed by atoms with van der Waals surface area (Å²) in [6.45, 7) is 0.660. The van der Waals surface area contributed by atoms with Crippen molar-refractivity contribution in [3.05, 3.63) is 34.4 Å². The van der Waals surface area contributed by atoms with Gasteiger partial charge in [-0.15, -0.1) is 0 Å². The van der Waals surface area contributed by atoms with Crippen molar-refractivity contribution in [2.45, 2.75) is 69.4 Å². The molecule has 3 heterocycles. The van der Waals surface area contributed by atoms with Crippen molar-refractivity contribution in [2.24, 2.45) is 0 Å². The van der Waals surface area contributed by atoms with Gasteiger partial charge in [0.25, 0.3) is 5.56 Å². The van der Waals surface area contributed by atoms with Crippen LogP contribution in [-0.2, 0) is 4.79 Å². The van der Waals surface area contributed by atoms with E-state index in [4.69, 9.17) is 0 Å². The van der Waals surface area contributed by atoms with Crippen LogP contribution < -0.4 is 5.56 Å². The largest absolute Gasteiger partial charge is 0.389 e. The van der Waals surface area contributed by atoms with Crippen LogP contribution in [0, 0.1) is 0 Å². The minimum Gasteiger partial charge on any atom is -0.389 e. The topological polar surface area (TPSA) is 90.7 Å². The summed E-state index contributed by atoms with van der Waals surface area (Å²) in [7, 11) is 0. The summed E-state index contributed by atoms with van der Waals surface area (Å²) in [5.41, 5.74) is 0.183. The molecule has 1 atom stereocenters. The number of amides is 1. The van der Waals surface area contributed by atoms with E-state index >= 15 is 0 Å². The quantitative estimate of drug-likeness (QED) is 0.880. The van der Waals surface area contributed by atoms with E-state index < -0.39 is 5.60 Å². The number of carbonyl (C=O) groups excluding carboxylic acids is 1. The molecule has 140 valence electrons. The standard InChI is InChI=1S/C19H26N4O3/c24-17-12-14(21-16-7-10-20-23(16)17)15-6-2-5-11-22(15)18(25)13-19(26)8-3-1-4-9-19/h7,10,12,15,20,26H,1-6,8-9,11,13H2/t15-/m0/s1. The van der Waals surface area contributed by atoms with Gasteiger partial charge in [-0.2, -0.15) is 0 Å². The molecule has 1 amide bonds. The fourth-order valence-corrected chi connectivity index (χ4v) is 4.42. The van der Waals surface area contributed by atoms with Gasteiger partial charge in [-0.1, -0.05) is 19.3 Å². The predicted octanol–water partition coefficient (Wildman–Crippen LogP) is 2.16. The van der Waals surface area contributed by atoms with E-state index in [9.17, 15) is 14.7 Å². The van der Waals surface area contributed by atoms with Crippen LogP contribution in [0.3, 0.4) is 0 Å². The van der Waals surface area contributed by atoms with Crippen molar-refractivity contribution in [3.63, 3.8) is 0 Å². The smallest absolute Gasteiger partial charge is 0.272 e. The molecule has 0 unspecified atom stereocenters. The van der Waals surface area contributed by atoms with Crippen LogP contribution in [0.2, 0.25) is 0 Å². The van der Waals surface area contributed by atoms with Crippen LogP contribution in [0.1, 0.15) is 69.5 Å². The molecule has 2 N–H and O–H groups in total. The summed E-state index contributed by atoms with van der Waals surface area (Å²) in [6.07, 6.45) is 9.11. The van der Waals surface area contributed by atoms with Gasteiger partial charge in [0.15, 0.2) is 5.65 Å². The first-order valence-corrected chi connectivity index (χ1v) is 9.65. The second kappa shape index (κ2) is 6.87. The second-order valence-electron chi connectivity index (χ2n) is 7.74. The highest BCUT2D eigenvalue weighted by Crippen LogP contribution is 2.35. The Bertz CT molecular complexity index is 850. The number of aromatic amines is 1. The molecule has 0 bridgehead atoms. The molecule has 7 heteroatoms. The highest BCUT2D eigenvalue weighted by molar-refractivity contribution is 5.78. The number of rotatable bonds is 3. The Morgan fingerprint density at radius 3 is 2.88 bits per heavy atom. The zero-order valence-electron chi connectivity index (χ0n) is 15.0. The number of H-pyrrole nitrogens is 1. The molecular formula is C19H26N4O3. The number of nitrogens with zero attached hydrogens (tertiary/aromatic N) is 3. The van der Waals surface area contributed by atoms with Gasteiger partial charge < -0.3 is 10.0 Å². The average molecular weight is 358 g/mol. The fourth-order valence-electron chi connectivity index (χ4n) is 4.42. The normalized spacial score (nSPS) is 23.3. The highest BCUT2D eigenvalue weighted by Gasteiger charge is 2.36. The number of likely N-dealkylation sites (tertiary alicyclic amines) is 1. The van der Waals surface area contributed by atoms with Crippen LogP contribution in [0.15, 0.2) is 23.1 Å². The molecule has 0 aromatic carbocycles. The molecule has 4 rings (SSSR count). The average Bonchev–Trinajstić information content (AvgIpc) is 3.11. The molecule has 1 saturated heterocycles. The molecule has 2 aromatic heterocycles. The van der Waals surface area contributed by atoms with E-state index in [2.05, 4.69) is 10.1 Å². The summed E-state index contributed by atoms with van der Waals surface area (Å²) >= 11 is 0. The minimum absolute atomic E-state index is 0.0184. The van der Waals surface area contributed by atoms with Gasteiger partial charge in [-0.05, 0) is 32.1 Å². The third-order valence-electron chi connectivity index (χ3n) is 5.83. The Morgan fingerprint density at radius 1 is 1.27 bits per heavy atom. The van der Waals surface area contributed by atoms with E-state index in [1.165, 1.54) is 10.6 Å². The Morgan fingerprint density at radius 2 is 2.08 bits per heavy atom. The van der Waals surface area contributed by atoms with Crippen molar-refractivity contribution < 1.29 is 9.90 Å². The van der Waals surface area contributed by atoms with E-state index in [-0.39, 0.29) is 23.9 Å². The first kappa shape index (κ1) is 17.3. The predicted molar refractivity (Wildman–Crippen MR) is 96.8 cm³/mol. The Kier molecular flexibility index (Phi) is 4.56. The Labute approximate surface area is 152 Å². The number of piperidine rings is 1. The molecule has 1 aliphatic carbocycles. The first-order valence-electron chi connectivity index (χ1n) is 9.65. The van der Waals surface area contributed by atoms with Crippen LogP contribution in [-0.4, -0.2) is 42.7 Å². The van der Waals surface area contributed by atoms with Crippen LogP contribution in [0.25, 0.3) is 5.65 Å². The number of nitrogens with one attached hydrogen (secondary N) is 1. The molecule has 1 aliphatic heterocycles. The monoisotopic (exact) mass is 358 g/mol. The molecule has 2 aromatic rings. The lowest BCUT2D eigenvalue weighted by Gasteiger charge is -2.38. The van der Waals surface area contributed by atoms with Gasteiger partial charge in [0.05, 0.1) is 23.8 Å². The third kappa shape index (κ3) is 3.28. The molecule has 2 fully saturated rings. The van der Waals surface area contributed by atoms with Gasteiger partial charge >= 0.3 is 0 Å². The maximum atomic E-state index is 13.0. The van der Waals surface area contributed by atoms with Crippen molar-refractivity contribution in [1.82, 2.24) is 19.5 Å². The number of carbonyl (C=O) groups is 1. The minimum atomic E-state index is -0.866. The lowest BCUT2D eigenvalue weighted by molar-refractivity contribution is -0.141. The first-order chi connectivity index (χ1) is 12.6. The third-order valence-corrected chi connectivity index (χ3v) is 5.83. The van der Waals surface area contributed by atoms with Crippen LogP contribution >= 0.6 is 0 Å². The maximum Gasteiger partial charge on any atom is 0.272 e. The van der Waals surface area contributed by atoms with E-state index in [1.807, 2.05) is 4.90 Å². The van der Waals surface area contributed by atoms with Gasteiger partial charge in [0.1, 0.15) is 0 Å². The van der Waals surface area contributed by atoms with Crippen molar-refractivity contribution in [2.75, 3.05) is 6.54 Å². The molecule has 26 heavy (non-hydrogen) atoms. The number of fused-ring (bicyclic) bond motifs is 1. The van der Waals surface area contributed by atoms with Crippen molar-refractivity contribution in [3.8, 4) is 0 Å². The van der Waals surface area contributed by atoms with Gasteiger partial charge in [0.2, 0.25) is 5.91 Å². The van der Waals surface area contributed by atoms with Gasteiger partial charge in [0, 0.05) is 24.9 Å². The van der Waals surface area contributed by atoms with E-state index in [1.54, 1.807) is 12.3 Å². The summed E-state index contributed by atoms with van der Waals surface area (Å²) in [5.74, 6) is -0.0184. The fraction of sp³-hybridized carbons (Fsp3) is 0.632. The Balaban J connectivity index is 1.59. The number of hydrogen-bond acceptors (Lipinski definition) is 4. The molecule has 0 radical (unpaired) electrons. The van der Waals surface area contributed by atoms with Crippen molar-refractivity contribution in [1.29, 1.82) is 0 Å². The summed E-state index contributed by atoms with van der Waals surface area (Å²) < 4.78 is 1.39. The van der Waals surface area contributed by atoms with Gasteiger partial charge in [-0.25, -0.2) is 9.50 Å². The van der Waals surface area contributed by atoms with Crippen LogP contribution in [0.4, 0.5) is 0 Å². The molecular weight excluding hydrogens is 332 g/mol. The number of aromatic nitrogens is 3. The summed E-state index contributed by atoms with van der Waals surface area (Å²) in [5, 5.41) is 13.6. The summed E-state index contributed by atoms with van der Waals surface area (Å²) in [6, 6.07) is 3.09. The Hall–Kier alpha value is -2.15. The second-order valence-corrected chi connectivity index (χ2v) is 7.74. The molecule has 1 saturated carbocycles. The number of aliphatic hydroxyl groups is 1. The molecule has 2 aliphatic rings. The SMILES string of the molecule is O=C(CC1(O)CCCCC1)N1CCCC[C@H]1c1cc(=O)n2[nH]ccc2n1. The lowest BCUT2D eigenvalue weighted by Crippen LogP contribution is -2.44. The van der Waals surface area contributed by atoms with E-state index in [0.29, 0.717) is 30.7 Å². The van der Waals surface area contributed by atoms with Crippen LogP contribution in [0.5, 0.6) is 0 Å². The zero-order valence-corrected chi connectivity index (χ0v) is 15.0. The zero-order chi connectivity index (χ0) is 18.1. The summed E-state index contributed by atoms with van der Waals surface area (Å²) in [4.78, 5) is 31.7. The maximum absolute atomic E-state index is 13.0.